The van der Waals surface area contributed by atoms with Crippen LogP contribution in [0.4, 0.5) is 11.8 Å². The molecule has 24 heavy (non-hydrogen) atoms. The van der Waals surface area contributed by atoms with Crippen LogP contribution in [0.15, 0.2) is 30.3 Å². The molecule has 2 aromatic heterocycles. The van der Waals surface area contributed by atoms with E-state index in [0.29, 0.717) is 29.5 Å². The highest BCUT2D eigenvalue weighted by Gasteiger charge is 2.14. The van der Waals surface area contributed by atoms with E-state index in [1.54, 1.807) is 0 Å². The summed E-state index contributed by atoms with van der Waals surface area (Å²) in [6, 6.07) is 9.90. The van der Waals surface area contributed by atoms with E-state index >= 15 is 0 Å². The van der Waals surface area contributed by atoms with Gasteiger partial charge in [0, 0.05) is 6.54 Å². The minimum absolute atomic E-state index is 0.00595. The highest BCUT2D eigenvalue weighted by molar-refractivity contribution is 6.29. The Hall–Kier alpha value is -2.38. The number of aromatic nitrogens is 4. The zero-order valence-corrected chi connectivity index (χ0v) is 14.0. The molecule has 0 aliphatic heterocycles. The molecule has 2 heterocycles. The number of H-pyrrole nitrogens is 1. The zero-order chi connectivity index (χ0) is 16.9. The molecule has 0 radical (unpaired) electrons. The van der Waals surface area contributed by atoms with Gasteiger partial charge in [-0.3, -0.25) is 0 Å². The van der Waals surface area contributed by atoms with Gasteiger partial charge in [-0.05, 0) is 23.6 Å². The van der Waals surface area contributed by atoms with Crippen molar-refractivity contribution in [2.75, 3.05) is 17.2 Å². The number of benzene rings is 1. The Labute approximate surface area is 144 Å². The molecule has 0 spiro atoms. The van der Waals surface area contributed by atoms with Gasteiger partial charge in [-0.25, -0.2) is 0 Å². The van der Waals surface area contributed by atoms with Gasteiger partial charge in [0.1, 0.15) is 5.52 Å². The highest BCUT2D eigenvalue weighted by atomic mass is 35.5. The van der Waals surface area contributed by atoms with Gasteiger partial charge >= 0.3 is 0 Å². The van der Waals surface area contributed by atoms with Gasteiger partial charge in [-0.1, -0.05) is 37.3 Å². The van der Waals surface area contributed by atoms with Crippen molar-refractivity contribution in [3.05, 3.63) is 41.2 Å². The van der Waals surface area contributed by atoms with Crippen LogP contribution in [0.2, 0.25) is 5.28 Å². The third-order valence-electron chi connectivity index (χ3n) is 3.67. The number of imidazole rings is 1. The van der Waals surface area contributed by atoms with E-state index in [2.05, 4.69) is 30.6 Å². The maximum Gasteiger partial charge on any atom is 0.227 e. The number of nitrogens with zero attached hydrogens (tertiary/aromatic N) is 3. The number of aliphatic hydroxyl groups excluding tert-OH is 1. The quantitative estimate of drug-likeness (QED) is 0.491. The van der Waals surface area contributed by atoms with Gasteiger partial charge in [-0.15, -0.1) is 0 Å². The Morgan fingerprint density at radius 2 is 2.00 bits per heavy atom. The summed E-state index contributed by atoms with van der Waals surface area (Å²) in [5, 5.41) is 16.0. The second-order valence-corrected chi connectivity index (χ2v) is 5.75. The van der Waals surface area contributed by atoms with Crippen molar-refractivity contribution in [2.24, 2.45) is 0 Å². The number of rotatable bonds is 7. The average Bonchev–Trinajstić information content (AvgIpc) is 2.98. The van der Waals surface area contributed by atoms with E-state index in [0.717, 1.165) is 12.0 Å². The van der Waals surface area contributed by atoms with Crippen LogP contribution >= 0.6 is 11.6 Å². The maximum absolute atomic E-state index is 9.35. The first-order chi connectivity index (χ1) is 11.7. The highest BCUT2D eigenvalue weighted by Crippen LogP contribution is 2.22. The molecular weight excluding hydrogens is 328 g/mol. The number of hydrogen-bond donors (Lipinski definition) is 4. The third kappa shape index (κ3) is 3.74. The van der Waals surface area contributed by atoms with Gasteiger partial charge < -0.3 is 20.7 Å². The molecule has 0 saturated carbocycles. The lowest BCUT2D eigenvalue weighted by atomic mass is 10.2. The Balaban J connectivity index is 1.89. The van der Waals surface area contributed by atoms with Crippen LogP contribution in [0.5, 0.6) is 0 Å². The van der Waals surface area contributed by atoms with Crippen LogP contribution in [-0.4, -0.2) is 37.7 Å². The van der Waals surface area contributed by atoms with Gasteiger partial charge in [0.05, 0.1) is 12.6 Å². The van der Waals surface area contributed by atoms with Crippen LogP contribution in [0.1, 0.15) is 18.9 Å². The molecule has 1 atom stereocenters. The van der Waals surface area contributed by atoms with Crippen LogP contribution in [0.25, 0.3) is 11.2 Å². The summed E-state index contributed by atoms with van der Waals surface area (Å²) in [6.07, 6.45) is 0.756. The lowest BCUT2D eigenvalue weighted by molar-refractivity contribution is 0.271. The number of aliphatic hydroxyl groups is 1. The van der Waals surface area contributed by atoms with E-state index < -0.39 is 0 Å². The molecule has 1 aromatic carbocycles. The predicted molar refractivity (Wildman–Crippen MR) is 95.2 cm³/mol. The second kappa shape index (κ2) is 7.46. The smallest absolute Gasteiger partial charge is 0.227 e. The standard InChI is InChI=1S/C16H19ClN6O/c1-2-11(9-24)19-16-22-13(12-14(23-16)21-15(17)20-12)18-8-10-6-4-3-5-7-10/h3-7,11,24H,2,8-9H2,1H3,(H3,18,19,20,21,22,23). The molecule has 4 N–H and O–H groups in total. The molecule has 3 rings (SSSR count). The topological polar surface area (TPSA) is 98.8 Å². The SMILES string of the molecule is CCC(CO)Nc1nc(NCc2ccccc2)c2[nH]c(Cl)nc2n1. The van der Waals surface area contributed by atoms with Crippen molar-refractivity contribution in [3.8, 4) is 0 Å². The minimum atomic E-state index is -0.112. The van der Waals surface area contributed by atoms with E-state index in [9.17, 15) is 5.11 Å². The summed E-state index contributed by atoms with van der Waals surface area (Å²) in [4.78, 5) is 16.0. The Kier molecular flexibility index (Phi) is 5.12. The molecule has 0 bridgehead atoms. The molecule has 0 saturated heterocycles. The number of hydrogen-bond acceptors (Lipinski definition) is 6. The van der Waals surface area contributed by atoms with Gasteiger partial charge in [0.15, 0.2) is 11.5 Å². The fourth-order valence-electron chi connectivity index (χ4n) is 2.30. The molecule has 0 amide bonds. The maximum atomic E-state index is 9.35. The molecule has 1 unspecified atom stereocenters. The number of fused-ring (bicyclic) bond motifs is 1. The fraction of sp³-hybridized carbons (Fsp3) is 0.312. The summed E-state index contributed by atoms with van der Waals surface area (Å²) in [6.45, 7) is 2.60. The Morgan fingerprint density at radius 3 is 2.71 bits per heavy atom. The number of halogens is 1. The third-order valence-corrected chi connectivity index (χ3v) is 3.85. The minimum Gasteiger partial charge on any atom is -0.394 e. The van der Waals surface area contributed by atoms with Gasteiger partial charge in [0.2, 0.25) is 11.2 Å². The van der Waals surface area contributed by atoms with Crippen LogP contribution < -0.4 is 10.6 Å². The summed E-state index contributed by atoms with van der Waals surface area (Å²) in [7, 11) is 0. The van der Waals surface area contributed by atoms with Crippen LogP contribution in [0, 0.1) is 0 Å². The Morgan fingerprint density at radius 1 is 1.21 bits per heavy atom. The normalized spacial score (nSPS) is 12.3. The van der Waals surface area contributed by atoms with E-state index in [1.807, 2.05) is 37.3 Å². The van der Waals surface area contributed by atoms with Gasteiger partial charge in [-0.2, -0.15) is 15.0 Å². The largest absolute Gasteiger partial charge is 0.394 e. The van der Waals surface area contributed by atoms with E-state index in [-0.39, 0.29) is 17.9 Å². The van der Waals surface area contributed by atoms with Crippen molar-refractivity contribution in [2.45, 2.75) is 25.9 Å². The molecule has 126 valence electrons. The first kappa shape index (κ1) is 16.5. The van der Waals surface area contributed by atoms with Gasteiger partial charge in [0.25, 0.3) is 0 Å². The first-order valence-corrected chi connectivity index (χ1v) is 8.15. The van der Waals surface area contributed by atoms with Crippen molar-refractivity contribution in [1.82, 2.24) is 19.9 Å². The molecule has 7 nitrogen and oxygen atoms in total. The zero-order valence-electron chi connectivity index (χ0n) is 13.3. The first-order valence-electron chi connectivity index (χ1n) is 7.78. The monoisotopic (exact) mass is 346 g/mol. The average molecular weight is 347 g/mol. The Bertz CT molecular complexity index is 803. The fourth-order valence-corrected chi connectivity index (χ4v) is 2.48. The summed E-state index contributed by atoms with van der Waals surface area (Å²) in [5.41, 5.74) is 2.26. The van der Waals surface area contributed by atoms with Crippen molar-refractivity contribution >= 4 is 34.5 Å². The number of nitrogens with one attached hydrogen (secondary N) is 3. The van der Waals surface area contributed by atoms with Crippen molar-refractivity contribution in [3.63, 3.8) is 0 Å². The van der Waals surface area contributed by atoms with Crippen molar-refractivity contribution in [1.29, 1.82) is 0 Å². The van der Waals surface area contributed by atoms with E-state index in [4.69, 9.17) is 11.6 Å². The summed E-state index contributed by atoms with van der Waals surface area (Å²) < 4.78 is 0. The lowest BCUT2D eigenvalue weighted by Gasteiger charge is -2.15. The molecule has 0 aliphatic carbocycles. The van der Waals surface area contributed by atoms with E-state index in [1.165, 1.54) is 0 Å². The lowest BCUT2D eigenvalue weighted by Crippen LogP contribution is -2.24. The van der Waals surface area contributed by atoms with Crippen LogP contribution in [0.3, 0.4) is 0 Å². The molecule has 0 fully saturated rings. The molecule has 0 aliphatic rings. The van der Waals surface area contributed by atoms with Crippen molar-refractivity contribution < 1.29 is 5.11 Å². The number of anilines is 2. The number of aromatic amines is 1. The molecule has 3 aromatic rings. The summed E-state index contributed by atoms with van der Waals surface area (Å²) >= 11 is 5.96. The van der Waals surface area contributed by atoms with Crippen LogP contribution in [-0.2, 0) is 6.54 Å². The summed E-state index contributed by atoms with van der Waals surface area (Å²) in [5.74, 6) is 1.01. The predicted octanol–water partition coefficient (Wildman–Crippen LogP) is 2.80. The molecular formula is C16H19ClN6O. The molecule has 8 heteroatoms. The second-order valence-electron chi connectivity index (χ2n) is 5.39.